The van der Waals surface area contributed by atoms with Gasteiger partial charge in [-0.25, -0.2) is 4.79 Å². The van der Waals surface area contributed by atoms with Crippen LogP contribution in [0.2, 0.25) is 0 Å². The van der Waals surface area contributed by atoms with Crippen LogP contribution in [0.25, 0.3) is 0 Å². The Morgan fingerprint density at radius 1 is 0.906 bits per heavy atom. The number of amides is 1. The van der Waals surface area contributed by atoms with Gasteiger partial charge in [0.05, 0.1) is 0 Å². The molecule has 0 aliphatic carbocycles. The number of aromatic nitrogens is 2. The molecule has 0 saturated heterocycles. The summed E-state index contributed by atoms with van der Waals surface area (Å²) in [5.41, 5.74) is -0.198. The van der Waals surface area contributed by atoms with Crippen LogP contribution in [0.4, 0.5) is 4.79 Å². The molecular weight excluding hydrogens is 623 g/mol. The maximum Gasteiger partial charge on any atom is 4.00 e. The Kier molecular flexibility index (Phi) is 33.9. The van der Waals surface area contributed by atoms with E-state index < -0.39 is 11.2 Å². The van der Waals surface area contributed by atoms with E-state index in [1.54, 1.807) is 24.8 Å². The summed E-state index contributed by atoms with van der Waals surface area (Å²) in [5.74, 6) is 0. The molecule has 0 spiro atoms. The van der Waals surface area contributed by atoms with Gasteiger partial charge in [0.1, 0.15) is 0 Å². The molecule has 0 saturated carbocycles. The second-order valence-electron chi connectivity index (χ2n) is 7.34. The van der Waals surface area contributed by atoms with Gasteiger partial charge >= 0.3 is 27.2 Å². The second kappa shape index (κ2) is 24.9. The Balaban J connectivity index is -0.0000000727. The Morgan fingerprint density at radius 2 is 1.19 bits per heavy atom. The van der Waals surface area contributed by atoms with E-state index in [1.165, 1.54) is 0 Å². The fourth-order valence-corrected chi connectivity index (χ4v) is 2.28. The summed E-state index contributed by atoms with van der Waals surface area (Å²) < 4.78 is 0. The fourth-order valence-electron chi connectivity index (χ4n) is 2.28. The van der Waals surface area contributed by atoms with Crippen molar-refractivity contribution in [2.24, 2.45) is 5.41 Å². The molecule has 13 heteroatoms. The van der Waals surface area contributed by atoms with Gasteiger partial charge in [-0.3, -0.25) is 9.97 Å². The molecule has 32 heavy (non-hydrogen) atoms. The predicted molar refractivity (Wildman–Crippen MR) is 117 cm³/mol. The second-order valence-corrected chi connectivity index (χ2v) is 7.34. The Hall–Kier alpha value is -2.33. The molecular formula is C19H36ClN6O5Pt+3. The molecule has 2 heterocycles. The number of carbonyl (C=O) groups is 1. The minimum absolute atomic E-state index is 0. The number of nitrogens with one attached hydrogen (secondary N) is 1. The average molecular weight is 659 g/mol. The van der Waals surface area contributed by atoms with Crippen molar-refractivity contribution >= 4 is 6.09 Å². The molecule has 2 rings (SSSR count). The molecule has 2 aromatic heterocycles. The van der Waals surface area contributed by atoms with E-state index in [9.17, 15) is 4.79 Å². The summed E-state index contributed by atoms with van der Waals surface area (Å²) in [6, 6.07) is 11.4. The number of halogens is 1. The van der Waals surface area contributed by atoms with E-state index in [-0.39, 0.29) is 56.7 Å². The zero-order valence-corrected chi connectivity index (χ0v) is 22.1. The van der Waals surface area contributed by atoms with Gasteiger partial charge in [-0.15, -0.1) is 10.1 Å². The van der Waals surface area contributed by atoms with E-state index in [1.807, 2.05) is 50.2 Å². The molecule has 2 aromatic rings. The van der Waals surface area contributed by atoms with Crippen molar-refractivity contribution in [1.82, 2.24) is 27.6 Å². The summed E-state index contributed by atoms with van der Waals surface area (Å²) in [5, 5.41) is 24.7. The smallest absolute Gasteiger partial charge is 1.00 e. The maximum atomic E-state index is 10.4. The predicted octanol–water partition coefficient (Wildman–Crippen LogP) is 1.61. The summed E-state index contributed by atoms with van der Waals surface area (Å²) in [6.45, 7) is 10.1. The van der Waals surface area contributed by atoms with Crippen molar-refractivity contribution < 1.29 is 53.7 Å². The molecule has 0 fully saturated rings. The van der Waals surface area contributed by atoms with E-state index in [0.717, 1.165) is 6.42 Å². The Labute approximate surface area is 210 Å². The zero-order chi connectivity index (χ0) is 22.1. The van der Waals surface area contributed by atoms with Crippen LogP contribution in [0.3, 0.4) is 0 Å². The first kappa shape index (κ1) is 43.5. The Bertz CT molecular complexity index is 561. The molecule has 9 N–H and O–H groups in total. The van der Waals surface area contributed by atoms with Gasteiger partial charge < -0.3 is 40.3 Å². The van der Waals surface area contributed by atoms with Gasteiger partial charge in [0.15, 0.2) is 0 Å². The van der Waals surface area contributed by atoms with Gasteiger partial charge in [-0.05, 0) is 49.9 Å². The van der Waals surface area contributed by atoms with Gasteiger partial charge in [-0.1, -0.05) is 32.9 Å². The van der Waals surface area contributed by atoms with Crippen LogP contribution >= 0.6 is 0 Å². The summed E-state index contributed by atoms with van der Waals surface area (Å²) >= 11 is 0. The van der Waals surface area contributed by atoms with Crippen LogP contribution in [-0.2, 0) is 21.1 Å². The molecule has 0 unspecified atom stereocenters. The number of hydrogen-bond acceptors (Lipinski definition) is 7. The van der Waals surface area contributed by atoms with E-state index in [4.69, 9.17) is 20.4 Å². The van der Waals surface area contributed by atoms with Crippen LogP contribution in [0, 0.1) is 15.5 Å². The molecule has 186 valence electrons. The standard InChI is InChI=1S/C9H19NO2.2C5H5N.ClH.HNO3.2H3N.Pt/c1-8(2,3)6-9(4,5)10-7(11)12;2*1-2-4-6-5-3-1;;2-1(3)4;;;/h10H,6H2,1-5H3,(H,11,12);2*1-5H;1H;(H,2,3,4);2*1H3;/q;;;;;;;+4/p-1. The van der Waals surface area contributed by atoms with E-state index >= 15 is 0 Å². The molecule has 0 aromatic carbocycles. The van der Waals surface area contributed by atoms with Crippen LogP contribution in [0.15, 0.2) is 61.2 Å². The molecule has 11 nitrogen and oxygen atoms in total. The van der Waals surface area contributed by atoms with Crippen LogP contribution in [0.1, 0.15) is 41.0 Å². The largest absolute Gasteiger partial charge is 4.00 e. The minimum Gasteiger partial charge on any atom is -1.00 e. The van der Waals surface area contributed by atoms with Crippen LogP contribution < -0.4 is 30.0 Å². The summed E-state index contributed by atoms with van der Waals surface area (Å²) in [6.07, 6.45) is 6.87. The number of hydrogen-bond donors (Lipinski definition) is 5. The number of carboxylic acid groups (broad SMARTS) is 1. The first-order chi connectivity index (χ1) is 12.9. The van der Waals surface area contributed by atoms with Crippen molar-refractivity contribution in [3.05, 3.63) is 71.3 Å². The molecule has 0 atom stereocenters. The molecule has 0 aliphatic rings. The average Bonchev–Trinajstić information content (AvgIpc) is 2.55. The molecule has 0 bridgehead atoms. The van der Waals surface area contributed by atoms with E-state index in [0.29, 0.717) is 0 Å². The quantitative estimate of drug-likeness (QED) is 0.234. The summed E-state index contributed by atoms with van der Waals surface area (Å²) in [7, 11) is 0. The van der Waals surface area contributed by atoms with Crippen molar-refractivity contribution in [3.63, 3.8) is 0 Å². The third kappa shape index (κ3) is 46.1. The van der Waals surface area contributed by atoms with Gasteiger partial charge in [0.2, 0.25) is 0 Å². The number of rotatable bonds is 2. The number of nitrogens with zero attached hydrogens (tertiary/aromatic N) is 3. The monoisotopic (exact) mass is 658 g/mol. The van der Waals surface area contributed by atoms with Crippen molar-refractivity contribution in [2.75, 3.05) is 0 Å². The van der Waals surface area contributed by atoms with Crippen molar-refractivity contribution in [1.29, 1.82) is 0 Å². The van der Waals surface area contributed by atoms with Crippen molar-refractivity contribution in [3.8, 4) is 0 Å². The van der Waals surface area contributed by atoms with Crippen molar-refractivity contribution in [2.45, 2.75) is 46.6 Å². The minimum atomic E-state index is -1.50. The third-order valence-corrected chi connectivity index (χ3v) is 2.55. The zero-order valence-electron chi connectivity index (χ0n) is 19.0. The molecule has 0 aliphatic heterocycles. The van der Waals surface area contributed by atoms with E-state index in [2.05, 4.69) is 36.1 Å². The van der Waals surface area contributed by atoms with Gasteiger partial charge in [0, 0.05) is 30.3 Å². The molecule has 0 radical (unpaired) electrons. The SMILES string of the molecule is CC(C)(C)CC(C)(C)NC(=O)O.N.N.O=[N+]([O-])O.[Cl-].[Pt+4].c1ccncc1.c1ccncc1. The van der Waals surface area contributed by atoms with Gasteiger partial charge in [0.25, 0.3) is 5.09 Å². The Morgan fingerprint density at radius 3 is 1.31 bits per heavy atom. The summed E-state index contributed by atoms with van der Waals surface area (Å²) in [4.78, 5) is 26.3. The normalized spacial score (nSPS) is 8.53. The third-order valence-electron chi connectivity index (χ3n) is 2.55. The maximum absolute atomic E-state index is 10.4. The van der Waals surface area contributed by atoms with Gasteiger partial charge in [-0.2, -0.15) is 0 Å². The first-order valence-corrected chi connectivity index (χ1v) is 8.40. The van der Waals surface area contributed by atoms with Crippen LogP contribution in [-0.4, -0.2) is 37.0 Å². The topological polar surface area (TPSA) is 208 Å². The molecule has 1 amide bonds. The first-order valence-electron chi connectivity index (χ1n) is 8.40. The number of pyridine rings is 2. The fraction of sp³-hybridized carbons (Fsp3) is 0.421. The van der Waals surface area contributed by atoms with Crippen LogP contribution in [0.5, 0.6) is 0 Å².